The molecule has 0 spiro atoms. The van der Waals surface area contributed by atoms with E-state index in [1.165, 1.54) is 4.90 Å². The van der Waals surface area contributed by atoms with E-state index in [0.717, 1.165) is 48.8 Å². The van der Waals surface area contributed by atoms with Crippen LogP contribution < -0.4 is 10.6 Å². The van der Waals surface area contributed by atoms with Crippen LogP contribution in [0.25, 0.3) is 0 Å². The van der Waals surface area contributed by atoms with E-state index in [2.05, 4.69) is 0 Å². The number of fused-ring (bicyclic) bond motifs is 1. The summed E-state index contributed by atoms with van der Waals surface area (Å²) in [5.41, 5.74) is 9.45. The summed E-state index contributed by atoms with van der Waals surface area (Å²) in [6.07, 6.45) is 4.70. The predicted octanol–water partition coefficient (Wildman–Crippen LogP) is 4.80. The summed E-state index contributed by atoms with van der Waals surface area (Å²) in [6, 6.07) is 24.8. The number of aliphatic carboxylic acids is 1. The molecule has 0 aromatic heterocycles. The van der Waals surface area contributed by atoms with Crippen LogP contribution in [0.2, 0.25) is 0 Å². The molecule has 1 heterocycles. The van der Waals surface area contributed by atoms with E-state index in [-0.39, 0.29) is 31.3 Å². The van der Waals surface area contributed by atoms with Gasteiger partial charge in [-0.3, -0.25) is 19.3 Å². The summed E-state index contributed by atoms with van der Waals surface area (Å²) in [7, 11) is 0. The standard InChI is InChI=1S/C31H35N3O4/c32-19-10-2-1-5-11-23-16-17-27-26(21-23)31(38)33(20-18-29(36)37)22-28(35)34(27)30(24-12-6-3-7-13-24)25-14-8-4-9-15-25/h3-4,6-9,12-17,21,30H,1-2,5,10-11,18-20,22,32H2,(H,36,37). The number of carbonyl (C=O) groups is 3. The van der Waals surface area contributed by atoms with Crippen molar-refractivity contribution in [3.05, 3.63) is 101 Å². The number of amides is 2. The Morgan fingerprint density at radius 2 is 1.50 bits per heavy atom. The summed E-state index contributed by atoms with van der Waals surface area (Å²) in [5.74, 6) is -1.58. The maximum atomic E-state index is 13.9. The number of aryl methyl sites for hydroxylation is 1. The molecule has 0 atom stereocenters. The lowest BCUT2D eigenvalue weighted by Gasteiger charge is -2.33. The number of hydrogen-bond donors (Lipinski definition) is 2. The molecule has 7 heteroatoms. The van der Waals surface area contributed by atoms with Crippen LogP contribution in [0.1, 0.15) is 65.2 Å². The largest absolute Gasteiger partial charge is 0.481 e. The Hall–Kier alpha value is -3.97. The van der Waals surface area contributed by atoms with Gasteiger partial charge in [0.15, 0.2) is 0 Å². The van der Waals surface area contributed by atoms with E-state index in [4.69, 9.17) is 5.73 Å². The van der Waals surface area contributed by atoms with Gasteiger partial charge < -0.3 is 15.7 Å². The fourth-order valence-corrected chi connectivity index (χ4v) is 5.02. The minimum atomic E-state index is -1.01. The van der Waals surface area contributed by atoms with E-state index < -0.39 is 12.0 Å². The second-order valence-corrected chi connectivity index (χ2v) is 9.66. The van der Waals surface area contributed by atoms with Crippen molar-refractivity contribution in [2.45, 2.75) is 44.6 Å². The van der Waals surface area contributed by atoms with E-state index in [9.17, 15) is 19.5 Å². The first-order chi connectivity index (χ1) is 18.5. The highest BCUT2D eigenvalue weighted by Gasteiger charge is 2.36. The van der Waals surface area contributed by atoms with Gasteiger partial charge in [-0.15, -0.1) is 0 Å². The minimum Gasteiger partial charge on any atom is -0.481 e. The van der Waals surface area contributed by atoms with Gasteiger partial charge in [0.1, 0.15) is 6.54 Å². The number of hydrogen-bond acceptors (Lipinski definition) is 4. The molecule has 0 aliphatic carbocycles. The van der Waals surface area contributed by atoms with E-state index in [1.54, 1.807) is 4.90 Å². The van der Waals surface area contributed by atoms with Crippen molar-refractivity contribution in [1.82, 2.24) is 4.90 Å². The molecule has 3 N–H and O–H groups in total. The van der Waals surface area contributed by atoms with Gasteiger partial charge in [-0.25, -0.2) is 0 Å². The smallest absolute Gasteiger partial charge is 0.305 e. The first kappa shape index (κ1) is 27.1. The van der Waals surface area contributed by atoms with Gasteiger partial charge in [-0.1, -0.05) is 79.6 Å². The van der Waals surface area contributed by atoms with Crippen LogP contribution in [-0.4, -0.2) is 47.4 Å². The van der Waals surface area contributed by atoms with Crippen molar-refractivity contribution in [2.24, 2.45) is 5.73 Å². The topological polar surface area (TPSA) is 104 Å². The van der Waals surface area contributed by atoms with Crippen molar-refractivity contribution < 1.29 is 19.5 Å². The minimum absolute atomic E-state index is 0.0299. The van der Waals surface area contributed by atoms with Gasteiger partial charge in [-0.05, 0) is 54.6 Å². The molecule has 0 saturated heterocycles. The van der Waals surface area contributed by atoms with Crippen LogP contribution in [0.4, 0.5) is 5.69 Å². The summed E-state index contributed by atoms with van der Waals surface area (Å²) >= 11 is 0. The van der Waals surface area contributed by atoms with Gasteiger partial charge >= 0.3 is 5.97 Å². The van der Waals surface area contributed by atoms with Crippen LogP contribution in [-0.2, 0) is 16.0 Å². The van der Waals surface area contributed by atoms with E-state index in [1.807, 2.05) is 78.9 Å². The first-order valence-electron chi connectivity index (χ1n) is 13.3. The lowest BCUT2D eigenvalue weighted by Crippen LogP contribution is -2.42. The van der Waals surface area contributed by atoms with Crippen LogP contribution in [0, 0.1) is 0 Å². The maximum Gasteiger partial charge on any atom is 0.305 e. The number of nitrogens with zero attached hydrogens (tertiary/aromatic N) is 2. The highest BCUT2D eigenvalue weighted by Crippen LogP contribution is 2.37. The van der Waals surface area contributed by atoms with E-state index in [0.29, 0.717) is 17.8 Å². The second kappa shape index (κ2) is 13.0. The Morgan fingerprint density at radius 3 is 2.11 bits per heavy atom. The Labute approximate surface area is 223 Å². The summed E-state index contributed by atoms with van der Waals surface area (Å²) in [6.45, 7) is 0.469. The quantitative estimate of drug-likeness (QED) is 0.339. The third-order valence-electron chi connectivity index (χ3n) is 6.94. The number of rotatable bonds is 12. The van der Waals surface area contributed by atoms with Crippen molar-refractivity contribution >= 4 is 23.5 Å². The normalized spacial score (nSPS) is 13.5. The Kier molecular flexibility index (Phi) is 9.27. The number of unbranched alkanes of at least 4 members (excludes halogenated alkanes) is 3. The fraction of sp³-hybridized carbons (Fsp3) is 0.323. The molecule has 3 aromatic carbocycles. The second-order valence-electron chi connectivity index (χ2n) is 9.66. The molecule has 0 fully saturated rings. The Balaban J connectivity index is 1.78. The van der Waals surface area contributed by atoms with Crippen molar-refractivity contribution in [2.75, 3.05) is 24.5 Å². The number of carbonyl (C=O) groups excluding carboxylic acids is 2. The molecule has 0 unspecified atom stereocenters. The summed E-state index contributed by atoms with van der Waals surface area (Å²) < 4.78 is 0. The third kappa shape index (κ3) is 6.47. The highest BCUT2D eigenvalue weighted by molar-refractivity contribution is 6.10. The van der Waals surface area contributed by atoms with E-state index >= 15 is 0 Å². The maximum absolute atomic E-state index is 13.9. The fourth-order valence-electron chi connectivity index (χ4n) is 5.02. The number of anilines is 1. The number of nitrogens with two attached hydrogens (primary N) is 1. The molecule has 2 amide bonds. The zero-order valence-corrected chi connectivity index (χ0v) is 21.6. The summed E-state index contributed by atoms with van der Waals surface area (Å²) in [4.78, 5) is 42.0. The average Bonchev–Trinajstić information content (AvgIpc) is 3.03. The zero-order chi connectivity index (χ0) is 26.9. The molecule has 198 valence electrons. The molecule has 38 heavy (non-hydrogen) atoms. The molecule has 1 aliphatic heterocycles. The zero-order valence-electron chi connectivity index (χ0n) is 21.6. The van der Waals surface area contributed by atoms with Crippen molar-refractivity contribution in [3.8, 4) is 0 Å². The summed E-state index contributed by atoms with van der Waals surface area (Å²) in [5, 5.41) is 9.26. The lowest BCUT2D eigenvalue weighted by molar-refractivity contribution is -0.137. The lowest BCUT2D eigenvalue weighted by atomic mass is 9.95. The first-order valence-corrected chi connectivity index (χ1v) is 13.3. The Bertz CT molecular complexity index is 1210. The number of benzene rings is 3. The SMILES string of the molecule is NCCCCCCc1ccc2c(c1)C(=O)N(CCC(=O)O)CC(=O)N2C(c1ccccc1)c1ccccc1. The molecular formula is C31H35N3O4. The van der Waals surface area contributed by atoms with Crippen LogP contribution in [0.5, 0.6) is 0 Å². The molecule has 1 aliphatic rings. The molecule has 4 rings (SSSR count). The molecule has 0 saturated carbocycles. The molecule has 3 aromatic rings. The van der Waals surface area contributed by atoms with Gasteiger partial charge in [0, 0.05) is 6.54 Å². The van der Waals surface area contributed by atoms with Crippen LogP contribution >= 0.6 is 0 Å². The third-order valence-corrected chi connectivity index (χ3v) is 6.94. The highest BCUT2D eigenvalue weighted by atomic mass is 16.4. The van der Waals surface area contributed by atoms with Crippen molar-refractivity contribution in [3.63, 3.8) is 0 Å². The van der Waals surface area contributed by atoms with Crippen molar-refractivity contribution in [1.29, 1.82) is 0 Å². The monoisotopic (exact) mass is 513 g/mol. The van der Waals surface area contributed by atoms with Gasteiger partial charge in [0.05, 0.1) is 23.7 Å². The molecule has 0 bridgehead atoms. The van der Waals surface area contributed by atoms with Gasteiger partial charge in [0.2, 0.25) is 5.91 Å². The predicted molar refractivity (Wildman–Crippen MR) is 148 cm³/mol. The molecular weight excluding hydrogens is 478 g/mol. The molecule has 0 radical (unpaired) electrons. The number of carboxylic acid groups (broad SMARTS) is 1. The van der Waals surface area contributed by atoms with Gasteiger partial charge in [-0.2, -0.15) is 0 Å². The number of carboxylic acids is 1. The van der Waals surface area contributed by atoms with Gasteiger partial charge in [0.25, 0.3) is 5.91 Å². The van der Waals surface area contributed by atoms with Crippen LogP contribution in [0.3, 0.4) is 0 Å². The molecule has 7 nitrogen and oxygen atoms in total. The van der Waals surface area contributed by atoms with Crippen LogP contribution in [0.15, 0.2) is 78.9 Å². The average molecular weight is 514 g/mol. The Morgan fingerprint density at radius 1 is 0.868 bits per heavy atom.